The van der Waals surface area contributed by atoms with Gasteiger partial charge in [0.2, 0.25) is 0 Å². The monoisotopic (exact) mass is 161 g/mol. The van der Waals surface area contributed by atoms with E-state index >= 15 is 0 Å². The quantitative estimate of drug-likeness (QED) is 0.442. The number of hydrogen-bond donors (Lipinski definition) is 0. The zero-order valence-corrected chi connectivity index (χ0v) is 6.30. The molecule has 1 saturated heterocycles. The molecular weight excluding hydrogens is 152 g/mol. The molecule has 0 aromatic rings. The Morgan fingerprint density at radius 2 is 2.60 bits per heavy atom. The second-order valence-corrected chi connectivity index (χ2v) is 2.73. The second kappa shape index (κ2) is 3.75. The molecule has 1 aliphatic rings. The standard InChI is InChI=1S/C6H9O3S/c1-2-6(10-7)5-3-8-4-9-5/h2,5-6H,1,3-4H2/q+1. The molecule has 3 nitrogen and oxygen atoms in total. The predicted molar refractivity (Wildman–Crippen MR) is 37.7 cm³/mol. The molecule has 56 valence electrons. The summed E-state index contributed by atoms with van der Waals surface area (Å²) < 4.78 is 20.4. The molecule has 0 amide bonds. The highest BCUT2D eigenvalue weighted by atomic mass is 32.1. The first-order valence-electron chi connectivity index (χ1n) is 2.99. The summed E-state index contributed by atoms with van der Waals surface area (Å²) in [4.78, 5) is 0. The zero-order valence-electron chi connectivity index (χ0n) is 5.49. The lowest BCUT2D eigenvalue weighted by molar-refractivity contribution is 0.0488. The van der Waals surface area contributed by atoms with Gasteiger partial charge in [0, 0.05) is 4.21 Å². The van der Waals surface area contributed by atoms with Crippen LogP contribution in [0.25, 0.3) is 0 Å². The van der Waals surface area contributed by atoms with Gasteiger partial charge in [-0.3, -0.25) is 0 Å². The molecule has 0 bridgehead atoms. The van der Waals surface area contributed by atoms with E-state index in [-0.39, 0.29) is 11.4 Å². The van der Waals surface area contributed by atoms with Crippen LogP contribution < -0.4 is 0 Å². The smallest absolute Gasteiger partial charge is 0.352 e. The van der Waals surface area contributed by atoms with E-state index in [4.69, 9.17) is 9.47 Å². The first-order valence-corrected chi connectivity index (χ1v) is 3.79. The molecule has 0 radical (unpaired) electrons. The van der Waals surface area contributed by atoms with Gasteiger partial charge in [0.05, 0.1) is 6.61 Å². The van der Waals surface area contributed by atoms with E-state index < -0.39 is 0 Å². The lowest BCUT2D eigenvalue weighted by atomic mass is 10.2. The third kappa shape index (κ3) is 1.59. The third-order valence-corrected chi connectivity index (χ3v) is 2.08. The Morgan fingerprint density at radius 1 is 1.80 bits per heavy atom. The van der Waals surface area contributed by atoms with Crippen LogP contribution in [0.3, 0.4) is 0 Å². The minimum atomic E-state index is -0.178. The van der Waals surface area contributed by atoms with Crippen LogP contribution in [0.2, 0.25) is 0 Å². The molecule has 10 heavy (non-hydrogen) atoms. The number of hydrogen-bond acceptors (Lipinski definition) is 3. The fourth-order valence-electron chi connectivity index (χ4n) is 0.791. The van der Waals surface area contributed by atoms with Crippen molar-refractivity contribution in [2.24, 2.45) is 0 Å². The van der Waals surface area contributed by atoms with Gasteiger partial charge in [-0.05, 0) is 6.08 Å². The van der Waals surface area contributed by atoms with Gasteiger partial charge in [0.25, 0.3) is 5.25 Å². The van der Waals surface area contributed by atoms with Gasteiger partial charge >= 0.3 is 11.7 Å². The summed E-state index contributed by atoms with van der Waals surface area (Å²) in [5.74, 6) is 0. The second-order valence-electron chi connectivity index (χ2n) is 1.99. The van der Waals surface area contributed by atoms with Crippen LogP contribution in [0.5, 0.6) is 0 Å². The Hall–Kier alpha value is -0.320. The fraction of sp³-hybridized carbons (Fsp3) is 0.667. The highest BCUT2D eigenvalue weighted by Gasteiger charge is 2.33. The highest BCUT2D eigenvalue weighted by molar-refractivity contribution is 7.66. The summed E-state index contributed by atoms with van der Waals surface area (Å²) in [7, 11) is 0. The van der Waals surface area contributed by atoms with Gasteiger partial charge in [0.15, 0.2) is 0 Å². The van der Waals surface area contributed by atoms with Crippen molar-refractivity contribution in [1.82, 2.24) is 0 Å². The van der Waals surface area contributed by atoms with Gasteiger partial charge in [-0.25, -0.2) is 0 Å². The molecule has 4 heteroatoms. The van der Waals surface area contributed by atoms with E-state index in [1.54, 1.807) is 6.08 Å². The molecule has 1 heterocycles. The lowest BCUT2D eigenvalue weighted by Gasteiger charge is -1.99. The molecule has 0 spiro atoms. The van der Waals surface area contributed by atoms with Gasteiger partial charge < -0.3 is 9.47 Å². The first-order chi connectivity index (χ1) is 4.88. The topological polar surface area (TPSA) is 35.5 Å². The van der Waals surface area contributed by atoms with Crippen LogP contribution in [-0.2, 0) is 25.3 Å². The van der Waals surface area contributed by atoms with Crippen molar-refractivity contribution in [3.05, 3.63) is 12.7 Å². The van der Waals surface area contributed by atoms with Gasteiger partial charge in [-0.15, -0.1) is 0 Å². The van der Waals surface area contributed by atoms with Crippen LogP contribution in [0.1, 0.15) is 0 Å². The van der Waals surface area contributed by atoms with Crippen molar-refractivity contribution in [2.45, 2.75) is 11.4 Å². The highest BCUT2D eigenvalue weighted by Crippen LogP contribution is 2.09. The molecule has 2 atom stereocenters. The van der Waals surface area contributed by atoms with Crippen molar-refractivity contribution >= 4 is 11.7 Å². The molecule has 2 unspecified atom stereocenters. The van der Waals surface area contributed by atoms with Crippen LogP contribution in [0, 0.1) is 0 Å². The van der Waals surface area contributed by atoms with E-state index in [1.807, 2.05) is 0 Å². The molecule has 1 rings (SSSR count). The molecule has 0 N–H and O–H groups in total. The molecule has 0 aromatic carbocycles. The summed E-state index contributed by atoms with van der Waals surface area (Å²) in [6.45, 7) is 4.33. The van der Waals surface area contributed by atoms with E-state index in [0.717, 1.165) is 0 Å². The summed E-state index contributed by atoms with van der Waals surface area (Å²) >= 11 is 0.494. The Bertz CT molecular complexity index is 123. The fourth-order valence-corrected chi connectivity index (χ4v) is 1.15. The molecule has 1 fully saturated rings. The van der Waals surface area contributed by atoms with E-state index in [1.165, 1.54) is 0 Å². The Balaban J connectivity index is 2.43. The van der Waals surface area contributed by atoms with Crippen molar-refractivity contribution in [2.75, 3.05) is 13.4 Å². The lowest BCUT2D eigenvalue weighted by Crippen LogP contribution is -2.24. The maximum absolute atomic E-state index is 10.4. The summed E-state index contributed by atoms with van der Waals surface area (Å²) in [6.07, 6.45) is 1.50. The average molecular weight is 161 g/mol. The summed E-state index contributed by atoms with van der Waals surface area (Å²) in [6, 6.07) is 0. The van der Waals surface area contributed by atoms with Crippen LogP contribution in [0.4, 0.5) is 0 Å². The molecule has 0 aromatic heterocycles. The van der Waals surface area contributed by atoms with Gasteiger partial charge in [-0.2, -0.15) is 0 Å². The minimum absolute atomic E-state index is 0.0972. The van der Waals surface area contributed by atoms with Crippen molar-refractivity contribution in [3.8, 4) is 0 Å². The maximum atomic E-state index is 10.4. The summed E-state index contributed by atoms with van der Waals surface area (Å²) in [5.41, 5.74) is 0. The zero-order chi connectivity index (χ0) is 7.40. The molecule has 0 aliphatic carbocycles. The predicted octanol–water partition coefficient (Wildman–Crippen LogP) is 0.342. The molecule has 1 aliphatic heterocycles. The minimum Gasteiger partial charge on any atom is -0.352 e. The van der Waals surface area contributed by atoms with Crippen LogP contribution in [0.15, 0.2) is 12.7 Å². The molecular formula is C6H9O3S+. The number of ether oxygens (including phenoxy) is 2. The number of rotatable bonds is 3. The van der Waals surface area contributed by atoms with Crippen molar-refractivity contribution < 1.29 is 13.7 Å². The maximum Gasteiger partial charge on any atom is 0.469 e. The average Bonchev–Trinajstić information content (AvgIpc) is 2.43. The normalized spacial score (nSPS) is 27.8. The first kappa shape index (κ1) is 7.78. The van der Waals surface area contributed by atoms with E-state index in [9.17, 15) is 4.21 Å². The van der Waals surface area contributed by atoms with Gasteiger partial charge in [-0.1, -0.05) is 6.58 Å². The Labute approximate surface area is 63.5 Å². The third-order valence-electron chi connectivity index (χ3n) is 1.36. The largest absolute Gasteiger partial charge is 0.469 e. The van der Waals surface area contributed by atoms with Crippen molar-refractivity contribution in [1.29, 1.82) is 0 Å². The molecule has 0 saturated carbocycles. The van der Waals surface area contributed by atoms with Gasteiger partial charge in [0.1, 0.15) is 12.9 Å². The van der Waals surface area contributed by atoms with E-state index in [0.29, 0.717) is 25.1 Å². The summed E-state index contributed by atoms with van der Waals surface area (Å²) in [5, 5.41) is -0.178. The van der Waals surface area contributed by atoms with E-state index in [2.05, 4.69) is 6.58 Å². The van der Waals surface area contributed by atoms with Crippen LogP contribution >= 0.6 is 0 Å². The van der Waals surface area contributed by atoms with Crippen molar-refractivity contribution in [3.63, 3.8) is 0 Å². The van der Waals surface area contributed by atoms with Crippen LogP contribution in [-0.4, -0.2) is 24.8 Å². The Morgan fingerprint density at radius 3 is 3.00 bits per heavy atom. The SMILES string of the molecule is C=CC([S+]=O)C1COCO1. The Kier molecular flexibility index (Phi) is 2.92.